The molecule has 21 heavy (non-hydrogen) atoms. The summed E-state index contributed by atoms with van der Waals surface area (Å²) in [5.74, 6) is 0. The minimum atomic E-state index is -1.15. The molecule has 2 rings (SSSR count). The quantitative estimate of drug-likeness (QED) is 0.789. The number of carbonyl (C=O) groups excluding carboxylic acids is 1. The Balaban J connectivity index is 2.42. The Kier molecular flexibility index (Phi) is 4.55. The van der Waals surface area contributed by atoms with E-state index in [0.717, 1.165) is 11.1 Å². The fourth-order valence-corrected chi connectivity index (χ4v) is 2.54. The van der Waals surface area contributed by atoms with Gasteiger partial charge in [0.15, 0.2) is 0 Å². The molecule has 2 aromatic rings. The fourth-order valence-electron chi connectivity index (χ4n) is 2.54. The molecule has 0 saturated heterocycles. The van der Waals surface area contributed by atoms with Crippen molar-refractivity contribution in [1.29, 1.82) is 0 Å². The van der Waals surface area contributed by atoms with Crippen LogP contribution >= 0.6 is 0 Å². The van der Waals surface area contributed by atoms with Crippen LogP contribution in [0.4, 0.5) is 4.79 Å². The molecule has 1 amide bonds. The molecule has 0 aliphatic heterocycles. The lowest BCUT2D eigenvalue weighted by atomic mass is 10.0. The van der Waals surface area contributed by atoms with E-state index in [4.69, 9.17) is 0 Å². The van der Waals surface area contributed by atoms with Gasteiger partial charge in [0.2, 0.25) is 0 Å². The first-order valence-electron chi connectivity index (χ1n) is 6.91. The maximum atomic E-state index is 11.9. The minimum absolute atomic E-state index is 0.283. The summed E-state index contributed by atoms with van der Waals surface area (Å²) in [4.78, 5) is 11.9. The van der Waals surface area contributed by atoms with Crippen molar-refractivity contribution in [3.05, 3.63) is 84.6 Å². The van der Waals surface area contributed by atoms with Crippen molar-refractivity contribution >= 4 is 6.09 Å². The highest BCUT2D eigenvalue weighted by molar-refractivity contribution is 5.55. The number of quaternary nitrogens is 1. The normalized spacial score (nSPS) is 14.9. The molecule has 3 nitrogen and oxygen atoms in total. The third-order valence-electron chi connectivity index (χ3n) is 3.93. The Hall–Kier alpha value is -2.39. The average molecular weight is 281 g/mol. The summed E-state index contributed by atoms with van der Waals surface area (Å²) in [5, 5.41) is 11.9. The molecule has 0 radical (unpaired) electrons. The van der Waals surface area contributed by atoms with Crippen LogP contribution in [0.15, 0.2) is 73.4 Å². The third kappa shape index (κ3) is 3.03. The molecule has 2 aromatic carbocycles. The van der Waals surface area contributed by atoms with Crippen molar-refractivity contribution < 1.29 is 14.4 Å². The van der Waals surface area contributed by atoms with Gasteiger partial charge in [-0.1, -0.05) is 60.7 Å². The molecule has 0 fully saturated rings. The van der Waals surface area contributed by atoms with Gasteiger partial charge in [-0.25, -0.2) is 4.48 Å². The maximum absolute atomic E-state index is 11.9. The van der Waals surface area contributed by atoms with E-state index < -0.39 is 6.09 Å². The van der Waals surface area contributed by atoms with Gasteiger partial charge in [0.25, 0.3) is 6.09 Å². The Labute approximate surface area is 125 Å². The van der Waals surface area contributed by atoms with Crippen molar-refractivity contribution in [2.75, 3.05) is 0 Å². The molecule has 2 atom stereocenters. The third-order valence-corrected chi connectivity index (χ3v) is 3.93. The average Bonchev–Trinajstić information content (AvgIpc) is 2.53. The van der Waals surface area contributed by atoms with Gasteiger partial charge in [-0.2, -0.15) is 0 Å². The molecular formula is C18H19NO2. The van der Waals surface area contributed by atoms with Gasteiger partial charge in [-0.15, -0.1) is 0 Å². The highest BCUT2D eigenvalue weighted by atomic mass is 16.4. The molecule has 0 spiro atoms. The van der Waals surface area contributed by atoms with Gasteiger partial charge in [-0.3, -0.25) is 0 Å². The Morgan fingerprint density at radius 2 is 1.67 bits per heavy atom. The molecular weight excluding hydrogens is 262 g/mol. The first kappa shape index (κ1) is 15.0. The topological polar surface area (TPSA) is 40.1 Å². The fraction of sp³-hybridized carbons (Fsp3) is 0.167. The molecule has 0 bridgehead atoms. The number of hydrogen-bond donors (Lipinski definition) is 0. The molecule has 3 heteroatoms. The zero-order chi connectivity index (χ0) is 15.3. The van der Waals surface area contributed by atoms with Crippen molar-refractivity contribution in [2.24, 2.45) is 0 Å². The highest BCUT2D eigenvalue weighted by Gasteiger charge is 2.35. The van der Waals surface area contributed by atoms with Crippen molar-refractivity contribution in [3.8, 4) is 0 Å². The van der Waals surface area contributed by atoms with Crippen LogP contribution < -0.4 is 5.11 Å². The first-order chi connectivity index (χ1) is 10.1. The minimum Gasteiger partial charge on any atom is -0.498 e. The molecule has 0 aromatic heterocycles. The number of nitrogens with zero attached hydrogens (tertiary/aromatic N) is 1. The summed E-state index contributed by atoms with van der Waals surface area (Å²) in [6.45, 7) is 5.94. The predicted molar refractivity (Wildman–Crippen MR) is 80.9 cm³/mol. The molecule has 108 valence electrons. The lowest BCUT2D eigenvalue weighted by Gasteiger charge is -2.39. The van der Waals surface area contributed by atoms with Gasteiger partial charge < -0.3 is 9.90 Å². The summed E-state index contributed by atoms with van der Waals surface area (Å²) in [7, 11) is 0. The standard InChI is InChI=1S/C18H19NO2/c1-3-19(18(20)21,14-16-10-6-4-7-11-16)15(2)17-12-8-5-9-13-17/h3-13,15H,1,14H2,2H3/t15?,19-/m0/s1. The predicted octanol–water partition coefficient (Wildman–Crippen LogP) is 3.25. The monoisotopic (exact) mass is 281 g/mol. The van der Waals surface area contributed by atoms with Gasteiger partial charge in [0, 0.05) is 11.1 Å². The largest absolute Gasteiger partial charge is 0.498 e. The molecule has 0 heterocycles. The van der Waals surface area contributed by atoms with E-state index in [1.807, 2.05) is 67.6 Å². The summed E-state index contributed by atoms with van der Waals surface area (Å²) in [5.41, 5.74) is 1.88. The first-order valence-corrected chi connectivity index (χ1v) is 6.91. The van der Waals surface area contributed by atoms with Crippen molar-refractivity contribution in [1.82, 2.24) is 0 Å². The molecule has 0 aliphatic carbocycles. The smallest absolute Gasteiger partial charge is 0.263 e. The molecule has 0 N–H and O–H groups in total. The highest BCUT2D eigenvalue weighted by Crippen LogP contribution is 2.31. The number of hydrogen-bond acceptors (Lipinski definition) is 2. The lowest BCUT2D eigenvalue weighted by Crippen LogP contribution is -2.55. The number of rotatable bonds is 5. The van der Waals surface area contributed by atoms with E-state index in [9.17, 15) is 9.90 Å². The number of amides is 1. The zero-order valence-corrected chi connectivity index (χ0v) is 12.1. The summed E-state index contributed by atoms with van der Waals surface area (Å²) < 4.78 is -0.339. The van der Waals surface area contributed by atoms with E-state index in [-0.39, 0.29) is 10.5 Å². The van der Waals surface area contributed by atoms with Gasteiger partial charge in [-0.05, 0) is 13.5 Å². The van der Waals surface area contributed by atoms with Crippen LogP contribution in [0.25, 0.3) is 0 Å². The second kappa shape index (κ2) is 6.37. The Morgan fingerprint density at radius 3 is 2.14 bits per heavy atom. The van der Waals surface area contributed by atoms with Crippen molar-refractivity contribution in [2.45, 2.75) is 19.5 Å². The van der Waals surface area contributed by atoms with Gasteiger partial charge in [0.05, 0.1) is 6.20 Å². The van der Waals surface area contributed by atoms with Crippen LogP contribution in [0.1, 0.15) is 24.1 Å². The Bertz CT molecular complexity index is 610. The molecule has 0 saturated carbocycles. The Morgan fingerprint density at radius 1 is 1.14 bits per heavy atom. The van der Waals surface area contributed by atoms with Crippen LogP contribution in [-0.2, 0) is 6.54 Å². The van der Waals surface area contributed by atoms with Crippen LogP contribution in [0.2, 0.25) is 0 Å². The SMILES string of the molecule is C=C[N@@+](Cc1ccccc1)(C(=O)[O-])C(C)c1ccccc1. The van der Waals surface area contributed by atoms with E-state index in [1.165, 1.54) is 6.20 Å². The van der Waals surface area contributed by atoms with E-state index in [0.29, 0.717) is 6.54 Å². The summed E-state index contributed by atoms with van der Waals surface area (Å²) in [6, 6.07) is 18.8. The molecule has 0 aliphatic rings. The van der Waals surface area contributed by atoms with Crippen LogP contribution in [0, 0.1) is 0 Å². The maximum Gasteiger partial charge on any atom is 0.263 e. The van der Waals surface area contributed by atoms with Gasteiger partial charge in [0.1, 0.15) is 12.6 Å². The van der Waals surface area contributed by atoms with Crippen LogP contribution in [-0.4, -0.2) is 10.6 Å². The zero-order valence-electron chi connectivity index (χ0n) is 12.1. The van der Waals surface area contributed by atoms with Crippen LogP contribution in [0.5, 0.6) is 0 Å². The van der Waals surface area contributed by atoms with E-state index in [1.54, 1.807) is 0 Å². The molecule has 1 unspecified atom stereocenters. The lowest BCUT2D eigenvalue weighted by molar-refractivity contribution is -0.869. The second-order valence-corrected chi connectivity index (χ2v) is 5.11. The number of benzene rings is 2. The summed E-state index contributed by atoms with van der Waals surface area (Å²) >= 11 is 0. The van der Waals surface area contributed by atoms with Crippen LogP contribution in [0.3, 0.4) is 0 Å². The number of carbonyl (C=O) groups is 1. The van der Waals surface area contributed by atoms with E-state index >= 15 is 0 Å². The number of carboxylic acid groups (broad SMARTS) is 1. The van der Waals surface area contributed by atoms with Gasteiger partial charge >= 0.3 is 0 Å². The summed E-state index contributed by atoms with van der Waals surface area (Å²) in [6.07, 6.45) is 0.310. The van der Waals surface area contributed by atoms with Crippen molar-refractivity contribution in [3.63, 3.8) is 0 Å². The second-order valence-electron chi connectivity index (χ2n) is 5.11. The van der Waals surface area contributed by atoms with E-state index in [2.05, 4.69) is 6.58 Å².